The molecule has 0 saturated heterocycles. The number of primary amides is 1. The Morgan fingerprint density at radius 3 is 2.40 bits per heavy atom. The monoisotopic (exact) mass is 210 g/mol. The first-order chi connectivity index (χ1) is 6.91. The average Bonchev–Trinajstić information content (AvgIpc) is 2.00. The van der Waals surface area contributed by atoms with Crippen LogP contribution >= 0.6 is 0 Å². The Morgan fingerprint density at radius 2 is 1.93 bits per heavy atom. The first-order valence-electron chi connectivity index (χ1n) is 5.26. The van der Waals surface area contributed by atoms with Crippen LogP contribution in [0.25, 0.3) is 0 Å². The van der Waals surface area contributed by atoms with Gasteiger partial charge in [0.15, 0.2) is 0 Å². The Bertz CT molecular complexity index is 263. The second-order valence-corrected chi connectivity index (χ2v) is 4.17. The second-order valence-electron chi connectivity index (χ2n) is 4.17. The highest BCUT2D eigenvalue weighted by Crippen LogP contribution is 2.07. The summed E-state index contributed by atoms with van der Waals surface area (Å²) >= 11 is 0. The fourth-order valence-electron chi connectivity index (χ4n) is 1.33. The van der Waals surface area contributed by atoms with Crippen molar-refractivity contribution in [1.82, 2.24) is 0 Å². The molecule has 1 unspecified atom stereocenters. The molecule has 0 aromatic carbocycles. The first-order valence-corrected chi connectivity index (χ1v) is 5.26. The molecule has 0 heterocycles. The summed E-state index contributed by atoms with van der Waals surface area (Å²) in [6, 6.07) is -0.241. The van der Waals surface area contributed by atoms with Gasteiger partial charge in [0.05, 0.1) is 0 Å². The van der Waals surface area contributed by atoms with E-state index in [-0.39, 0.29) is 18.4 Å². The van der Waals surface area contributed by atoms with Crippen LogP contribution in [0.5, 0.6) is 0 Å². The Balaban J connectivity index is 3.97. The molecule has 3 heteroatoms. The van der Waals surface area contributed by atoms with Crippen LogP contribution in [0.4, 0.5) is 0 Å². The zero-order valence-electron chi connectivity index (χ0n) is 9.92. The van der Waals surface area contributed by atoms with Crippen molar-refractivity contribution in [2.45, 2.75) is 46.1 Å². The van der Waals surface area contributed by atoms with Crippen LogP contribution in [0.3, 0.4) is 0 Å². The summed E-state index contributed by atoms with van der Waals surface area (Å²) in [7, 11) is 0. The van der Waals surface area contributed by atoms with Gasteiger partial charge < -0.3 is 11.5 Å². The third-order valence-corrected chi connectivity index (χ3v) is 2.03. The van der Waals surface area contributed by atoms with Gasteiger partial charge in [-0.15, -0.1) is 0 Å². The summed E-state index contributed by atoms with van der Waals surface area (Å²) in [5.74, 6) is -0.351. The molecule has 4 N–H and O–H groups in total. The van der Waals surface area contributed by atoms with Crippen molar-refractivity contribution in [2.24, 2.45) is 11.5 Å². The summed E-state index contributed by atoms with van der Waals surface area (Å²) in [6.07, 6.45) is 6.34. The molecule has 0 aliphatic carbocycles. The highest BCUT2D eigenvalue weighted by molar-refractivity contribution is 5.74. The van der Waals surface area contributed by atoms with Crippen molar-refractivity contribution >= 4 is 5.91 Å². The molecule has 0 aromatic rings. The van der Waals surface area contributed by atoms with E-state index in [1.54, 1.807) is 0 Å². The molecule has 0 rings (SSSR count). The Labute approximate surface area is 92.2 Å². The van der Waals surface area contributed by atoms with Crippen LogP contribution in [-0.4, -0.2) is 11.9 Å². The quantitative estimate of drug-likeness (QED) is 0.657. The fraction of sp³-hybridized carbons (Fsp3) is 0.583. The molecule has 1 atom stereocenters. The van der Waals surface area contributed by atoms with Crippen LogP contribution in [0.1, 0.15) is 40.0 Å². The van der Waals surface area contributed by atoms with E-state index < -0.39 is 0 Å². The minimum atomic E-state index is -0.351. The summed E-state index contributed by atoms with van der Waals surface area (Å²) in [4.78, 5) is 10.6. The van der Waals surface area contributed by atoms with E-state index in [2.05, 4.69) is 19.9 Å². The van der Waals surface area contributed by atoms with Gasteiger partial charge in [-0.25, -0.2) is 0 Å². The van der Waals surface area contributed by atoms with Gasteiger partial charge in [-0.3, -0.25) is 4.79 Å². The third-order valence-electron chi connectivity index (χ3n) is 2.03. The molecule has 0 fully saturated rings. The van der Waals surface area contributed by atoms with Crippen LogP contribution in [-0.2, 0) is 4.79 Å². The molecule has 0 saturated carbocycles. The van der Waals surface area contributed by atoms with Crippen LogP contribution in [0, 0.1) is 0 Å². The lowest BCUT2D eigenvalue weighted by molar-refractivity contribution is -0.118. The van der Waals surface area contributed by atoms with Crippen molar-refractivity contribution in [3.63, 3.8) is 0 Å². The highest BCUT2D eigenvalue weighted by Gasteiger charge is 2.03. The minimum Gasteiger partial charge on any atom is -0.370 e. The zero-order chi connectivity index (χ0) is 11.8. The Morgan fingerprint density at radius 1 is 1.33 bits per heavy atom. The molecule has 15 heavy (non-hydrogen) atoms. The maximum atomic E-state index is 10.6. The normalized spacial score (nSPS) is 13.5. The average molecular weight is 210 g/mol. The molecule has 0 aliphatic heterocycles. The molecule has 0 aliphatic rings. The van der Waals surface area contributed by atoms with Gasteiger partial charge in [0, 0.05) is 12.5 Å². The van der Waals surface area contributed by atoms with E-state index in [9.17, 15) is 4.79 Å². The van der Waals surface area contributed by atoms with Crippen molar-refractivity contribution in [1.29, 1.82) is 0 Å². The lowest BCUT2D eigenvalue weighted by Crippen LogP contribution is -2.25. The van der Waals surface area contributed by atoms with E-state index in [0.29, 0.717) is 0 Å². The molecular formula is C12H22N2O. The van der Waals surface area contributed by atoms with Gasteiger partial charge in [0.1, 0.15) is 0 Å². The van der Waals surface area contributed by atoms with Crippen LogP contribution < -0.4 is 11.5 Å². The smallest absolute Gasteiger partial charge is 0.219 e. The number of nitrogens with two attached hydrogens (primary N) is 2. The number of carbonyl (C=O) groups excluding carboxylic acids is 1. The minimum absolute atomic E-state index is 0.222. The van der Waals surface area contributed by atoms with Gasteiger partial charge >= 0.3 is 0 Å². The first kappa shape index (κ1) is 13.9. The number of carbonyl (C=O) groups is 1. The number of hydrogen-bond acceptors (Lipinski definition) is 2. The maximum Gasteiger partial charge on any atom is 0.219 e. The molecular weight excluding hydrogens is 188 g/mol. The van der Waals surface area contributed by atoms with Gasteiger partial charge in [-0.1, -0.05) is 23.3 Å². The van der Waals surface area contributed by atoms with E-state index >= 15 is 0 Å². The third kappa shape index (κ3) is 9.22. The molecule has 86 valence electrons. The Kier molecular flexibility index (Phi) is 6.71. The zero-order valence-corrected chi connectivity index (χ0v) is 9.92. The van der Waals surface area contributed by atoms with E-state index in [1.165, 1.54) is 11.1 Å². The number of rotatable bonds is 6. The van der Waals surface area contributed by atoms with Crippen LogP contribution in [0.15, 0.2) is 23.3 Å². The van der Waals surface area contributed by atoms with Gasteiger partial charge in [0.2, 0.25) is 5.91 Å². The molecule has 0 bridgehead atoms. The fourth-order valence-corrected chi connectivity index (χ4v) is 1.33. The maximum absolute atomic E-state index is 10.6. The Hall–Kier alpha value is -1.09. The van der Waals surface area contributed by atoms with Crippen LogP contribution in [0.2, 0.25) is 0 Å². The lowest BCUT2D eigenvalue weighted by Gasteiger charge is -2.05. The molecule has 1 amide bonds. The lowest BCUT2D eigenvalue weighted by atomic mass is 10.1. The van der Waals surface area contributed by atoms with Crippen molar-refractivity contribution in [2.75, 3.05) is 0 Å². The molecule has 0 radical (unpaired) electrons. The standard InChI is InChI=1S/C12H22N2O/c1-9(2)5-4-6-10(3)7-11(13)8-12(14)15/h5,7,11H,4,6,8,13H2,1-3H3,(H2,14,15)/b10-7+. The van der Waals surface area contributed by atoms with Crippen molar-refractivity contribution < 1.29 is 4.79 Å². The van der Waals surface area contributed by atoms with Crippen molar-refractivity contribution in [3.05, 3.63) is 23.3 Å². The predicted octanol–water partition coefficient (Wildman–Crippen LogP) is 1.88. The molecule has 0 spiro atoms. The van der Waals surface area contributed by atoms with Gasteiger partial charge in [0.25, 0.3) is 0 Å². The van der Waals surface area contributed by atoms with Crippen molar-refractivity contribution in [3.8, 4) is 0 Å². The van der Waals surface area contributed by atoms with E-state index in [4.69, 9.17) is 11.5 Å². The molecule has 0 aromatic heterocycles. The number of hydrogen-bond donors (Lipinski definition) is 2. The summed E-state index contributed by atoms with van der Waals surface area (Å²) < 4.78 is 0. The largest absolute Gasteiger partial charge is 0.370 e. The predicted molar refractivity (Wildman–Crippen MR) is 64.2 cm³/mol. The second kappa shape index (κ2) is 7.23. The number of allylic oxidation sites excluding steroid dienone is 3. The summed E-state index contributed by atoms with van der Waals surface area (Å²) in [5.41, 5.74) is 13.3. The van der Waals surface area contributed by atoms with E-state index in [0.717, 1.165) is 12.8 Å². The summed E-state index contributed by atoms with van der Waals surface area (Å²) in [6.45, 7) is 6.19. The summed E-state index contributed by atoms with van der Waals surface area (Å²) in [5, 5.41) is 0. The number of amides is 1. The van der Waals surface area contributed by atoms with Gasteiger partial charge in [-0.05, 0) is 33.6 Å². The van der Waals surface area contributed by atoms with E-state index in [1.807, 2.05) is 13.0 Å². The SMILES string of the molecule is CC(C)=CCC/C(C)=C/C(N)CC(N)=O. The highest BCUT2D eigenvalue weighted by atomic mass is 16.1. The topological polar surface area (TPSA) is 69.1 Å². The molecule has 3 nitrogen and oxygen atoms in total. The van der Waals surface area contributed by atoms with Gasteiger partial charge in [-0.2, -0.15) is 0 Å².